The fourth-order valence-corrected chi connectivity index (χ4v) is 2.77. The Labute approximate surface area is 186 Å². The van der Waals surface area contributed by atoms with Crippen LogP contribution < -0.4 is 10.2 Å². The van der Waals surface area contributed by atoms with E-state index in [4.69, 9.17) is 4.74 Å². The van der Waals surface area contributed by atoms with Gasteiger partial charge in [0.1, 0.15) is 11.4 Å². The number of nitrogens with one attached hydrogen (secondary N) is 2. The van der Waals surface area contributed by atoms with Crippen LogP contribution in [0, 0.1) is 5.92 Å². The third-order valence-corrected chi connectivity index (χ3v) is 4.65. The largest absolute Gasteiger partial charge is 0.494 e. The number of hydrazone groups is 1. The Morgan fingerprint density at radius 3 is 2.50 bits per heavy atom. The van der Waals surface area contributed by atoms with Crippen LogP contribution in [-0.4, -0.2) is 42.0 Å². The number of nitrogens with zero attached hydrogens (tertiary/aromatic N) is 2. The lowest BCUT2D eigenvalue weighted by Crippen LogP contribution is -2.18. The number of esters is 1. The van der Waals surface area contributed by atoms with Crippen molar-refractivity contribution < 1.29 is 19.1 Å². The molecule has 0 aliphatic carbocycles. The Balaban J connectivity index is 1.55. The summed E-state index contributed by atoms with van der Waals surface area (Å²) in [4.78, 5) is 23.8. The fraction of sp³-hybridized carbons (Fsp3) is 0.250. The van der Waals surface area contributed by atoms with Crippen molar-refractivity contribution in [2.45, 2.75) is 20.3 Å². The molecule has 1 amide bonds. The molecule has 0 unspecified atom stereocenters. The zero-order chi connectivity index (χ0) is 22.9. The lowest BCUT2D eigenvalue weighted by molar-refractivity contribution is 0.0600. The van der Waals surface area contributed by atoms with E-state index in [1.807, 2.05) is 24.3 Å². The first-order valence-corrected chi connectivity index (χ1v) is 10.3. The van der Waals surface area contributed by atoms with Crippen LogP contribution in [0.15, 0.2) is 59.7 Å². The van der Waals surface area contributed by atoms with Crippen molar-refractivity contribution in [2.75, 3.05) is 13.7 Å². The van der Waals surface area contributed by atoms with Gasteiger partial charge in [-0.05, 0) is 60.4 Å². The first-order chi connectivity index (χ1) is 15.5. The average Bonchev–Trinajstić information content (AvgIpc) is 3.30. The summed E-state index contributed by atoms with van der Waals surface area (Å²) >= 11 is 0. The summed E-state index contributed by atoms with van der Waals surface area (Å²) in [5, 5.41) is 10.9. The molecule has 1 aromatic heterocycles. The minimum Gasteiger partial charge on any atom is -0.494 e. The number of H-pyrrole nitrogens is 1. The van der Waals surface area contributed by atoms with Gasteiger partial charge in [0.15, 0.2) is 0 Å². The van der Waals surface area contributed by atoms with Crippen LogP contribution in [0.3, 0.4) is 0 Å². The summed E-state index contributed by atoms with van der Waals surface area (Å²) < 4.78 is 10.4. The first kappa shape index (κ1) is 22.7. The topological polar surface area (TPSA) is 106 Å². The molecule has 0 aliphatic rings. The molecule has 32 heavy (non-hydrogen) atoms. The van der Waals surface area contributed by atoms with Gasteiger partial charge >= 0.3 is 5.97 Å². The van der Waals surface area contributed by atoms with E-state index in [2.05, 4.69) is 39.3 Å². The van der Waals surface area contributed by atoms with Gasteiger partial charge in [0.2, 0.25) is 0 Å². The van der Waals surface area contributed by atoms with Crippen LogP contribution in [0.5, 0.6) is 5.75 Å². The van der Waals surface area contributed by atoms with Crippen molar-refractivity contribution >= 4 is 18.1 Å². The van der Waals surface area contributed by atoms with Gasteiger partial charge in [-0.25, -0.2) is 10.2 Å². The van der Waals surface area contributed by atoms with Gasteiger partial charge in [-0.15, -0.1) is 0 Å². The SMILES string of the molecule is COC(=O)c1ccc(C=NNC(=O)c2cc(-c3ccc(OCCC(C)C)cc3)n[nH]2)cc1. The van der Waals surface area contributed by atoms with Crippen molar-refractivity contribution in [3.63, 3.8) is 0 Å². The number of hydrogen-bond donors (Lipinski definition) is 2. The van der Waals surface area contributed by atoms with Crippen LogP contribution in [0.2, 0.25) is 0 Å². The zero-order valence-corrected chi connectivity index (χ0v) is 18.3. The number of methoxy groups -OCH3 is 1. The molecule has 0 radical (unpaired) electrons. The second-order valence-electron chi connectivity index (χ2n) is 7.53. The first-order valence-electron chi connectivity index (χ1n) is 10.3. The molecule has 0 atom stereocenters. The Bertz CT molecular complexity index is 1070. The summed E-state index contributed by atoms with van der Waals surface area (Å²) in [7, 11) is 1.33. The highest BCUT2D eigenvalue weighted by atomic mass is 16.5. The molecule has 3 aromatic rings. The van der Waals surface area contributed by atoms with E-state index in [1.165, 1.54) is 13.3 Å². The molecule has 2 N–H and O–H groups in total. The number of rotatable bonds is 9. The lowest BCUT2D eigenvalue weighted by atomic mass is 10.1. The summed E-state index contributed by atoms with van der Waals surface area (Å²) in [6, 6.07) is 15.9. The van der Waals surface area contributed by atoms with E-state index in [9.17, 15) is 9.59 Å². The van der Waals surface area contributed by atoms with Crippen molar-refractivity contribution in [3.8, 4) is 17.0 Å². The highest BCUT2D eigenvalue weighted by molar-refractivity contribution is 5.94. The molecule has 8 nitrogen and oxygen atoms in total. The van der Waals surface area contributed by atoms with Gasteiger partial charge in [0.25, 0.3) is 5.91 Å². The molecular weight excluding hydrogens is 408 g/mol. The molecule has 1 heterocycles. The predicted octanol–water partition coefficient (Wildman–Crippen LogP) is 4.05. The number of hydrogen-bond acceptors (Lipinski definition) is 6. The van der Waals surface area contributed by atoms with E-state index in [0.29, 0.717) is 23.8 Å². The molecule has 0 bridgehead atoms. The second kappa shape index (κ2) is 10.9. The minimum absolute atomic E-state index is 0.287. The van der Waals surface area contributed by atoms with E-state index < -0.39 is 11.9 Å². The van der Waals surface area contributed by atoms with Gasteiger partial charge in [-0.3, -0.25) is 9.89 Å². The van der Waals surface area contributed by atoms with E-state index >= 15 is 0 Å². The summed E-state index contributed by atoms with van der Waals surface area (Å²) in [6.45, 7) is 5.00. The second-order valence-corrected chi connectivity index (χ2v) is 7.53. The zero-order valence-electron chi connectivity index (χ0n) is 18.3. The van der Waals surface area contributed by atoms with Crippen LogP contribution in [0.1, 0.15) is 46.7 Å². The Morgan fingerprint density at radius 1 is 1.12 bits per heavy atom. The van der Waals surface area contributed by atoms with Crippen molar-refractivity contribution in [2.24, 2.45) is 11.0 Å². The number of aromatic amines is 1. The lowest BCUT2D eigenvalue weighted by Gasteiger charge is -2.08. The highest BCUT2D eigenvalue weighted by Crippen LogP contribution is 2.21. The molecule has 8 heteroatoms. The van der Waals surface area contributed by atoms with Crippen LogP contribution in [0.4, 0.5) is 0 Å². The Kier molecular flexibility index (Phi) is 7.75. The standard InChI is InChI=1S/C24H26N4O4/c1-16(2)12-13-32-20-10-8-18(9-11-20)21-14-22(27-26-21)23(29)28-25-15-17-4-6-19(7-5-17)24(30)31-3/h4-11,14-16H,12-13H2,1-3H3,(H,26,27)(H,28,29). The summed E-state index contributed by atoms with van der Waals surface area (Å²) in [5.74, 6) is 0.571. The summed E-state index contributed by atoms with van der Waals surface area (Å²) in [5.41, 5.74) is 5.41. The number of benzene rings is 2. The molecule has 0 fully saturated rings. The van der Waals surface area contributed by atoms with Gasteiger partial charge in [-0.1, -0.05) is 26.0 Å². The van der Waals surface area contributed by atoms with E-state index in [1.54, 1.807) is 30.3 Å². The maximum absolute atomic E-state index is 12.3. The Hall–Kier alpha value is -3.94. The highest BCUT2D eigenvalue weighted by Gasteiger charge is 2.11. The third-order valence-electron chi connectivity index (χ3n) is 4.65. The molecule has 166 valence electrons. The fourth-order valence-electron chi connectivity index (χ4n) is 2.77. The molecule has 3 rings (SSSR count). The van der Waals surface area contributed by atoms with E-state index in [0.717, 1.165) is 23.3 Å². The van der Waals surface area contributed by atoms with Crippen LogP contribution in [-0.2, 0) is 4.74 Å². The van der Waals surface area contributed by atoms with E-state index in [-0.39, 0.29) is 5.69 Å². The van der Waals surface area contributed by atoms with Crippen LogP contribution >= 0.6 is 0 Å². The Morgan fingerprint density at radius 2 is 1.84 bits per heavy atom. The molecule has 0 saturated carbocycles. The van der Waals surface area contributed by atoms with Crippen molar-refractivity contribution in [3.05, 3.63) is 71.4 Å². The number of carbonyl (C=O) groups excluding carboxylic acids is 2. The number of ether oxygens (including phenoxy) is 2. The van der Waals surface area contributed by atoms with Crippen LogP contribution in [0.25, 0.3) is 11.3 Å². The number of carbonyl (C=O) groups is 2. The minimum atomic E-state index is -0.417. The molecular formula is C24H26N4O4. The normalized spacial score (nSPS) is 11.0. The van der Waals surface area contributed by atoms with Crippen molar-refractivity contribution in [1.82, 2.24) is 15.6 Å². The molecule has 2 aromatic carbocycles. The van der Waals surface area contributed by atoms with Gasteiger partial charge in [0, 0.05) is 5.56 Å². The van der Waals surface area contributed by atoms with Gasteiger partial charge < -0.3 is 9.47 Å². The van der Waals surface area contributed by atoms with Crippen molar-refractivity contribution in [1.29, 1.82) is 0 Å². The smallest absolute Gasteiger partial charge is 0.337 e. The maximum Gasteiger partial charge on any atom is 0.337 e. The molecule has 0 saturated heterocycles. The summed E-state index contributed by atoms with van der Waals surface area (Å²) in [6.07, 6.45) is 2.48. The molecule has 0 spiro atoms. The predicted molar refractivity (Wildman–Crippen MR) is 122 cm³/mol. The molecule has 0 aliphatic heterocycles. The third kappa shape index (κ3) is 6.28. The number of amides is 1. The average molecular weight is 434 g/mol. The monoisotopic (exact) mass is 434 g/mol. The van der Waals surface area contributed by atoms with Gasteiger partial charge in [0.05, 0.1) is 31.2 Å². The number of aromatic nitrogens is 2. The quantitative estimate of drug-likeness (QED) is 0.300. The van der Waals surface area contributed by atoms with Gasteiger partial charge in [-0.2, -0.15) is 10.2 Å². The maximum atomic E-state index is 12.3.